The molecule has 12 nitrogen and oxygen atoms in total. The second-order valence-corrected chi connectivity index (χ2v) is 8.14. The lowest BCUT2D eigenvalue weighted by Crippen LogP contribution is -2.80. The molecule has 0 bridgehead atoms. The summed E-state index contributed by atoms with van der Waals surface area (Å²) >= 11 is 5.60. The van der Waals surface area contributed by atoms with Crippen LogP contribution in [0.15, 0.2) is 5.29 Å². The summed E-state index contributed by atoms with van der Waals surface area (Å²) in [5.74, 6) is -2.83. The molecule has 1 rings (SSSR count). The predicted molar refractivity (Wildman–Crippen MR) is 105 cm³/mol. The first-order chi connectivity index (χ1) is 13.9. The van der Waals surface area contributed by atoms with Crippen molar-refractivity contribution in [2.75, 3.05) is 32.7 Å². The third kappa shape index (κ3) is 5.19. The molecule has 0 saturated carbocycles. The van der Waals surface area contributed by atoms with E-state index in [2.05, 4.69) is 5.29 Å². The normalized spacial score (nSPS) is 32.7. The molecule has 0 radical (unpaired) electrons. The van der Waals surface area contributed by atoms with E-state index < -0.39 is 48.5 Å². The van der Waals surface area contributed by atoms with Gasteiger partial charge in [-0.3, -0.25) is 4.90 Å². The molecule has 0 spiro atoms. The van der Waals surface area contributed by atoms with Crippen LogP contribution in [0.5, 0.6) is 0 Å². The van der Waals surface area contributed by atoms with E-state index >= 15 is 0 Å². The number of hydrogen-bond donors (Lipinski definition) is 5. The lowest BCUT2D eigenvalue weighted by Gasteiger charge is -2.57. The second kappa shape index (κ2) is 11.0. The highest BCUT2D eigenvalue weighted by Crippen LogP contribution is 2.41. The van der Waals surface area contributed by atoms with Crippen LogP contribution in [0.25, 0.3) is 0 Å². The maximum absolute atomic E-state index is 13.1. The summed E-state index contributed by atoms with van der Waals surface area (Å²) in [5, 5.41) is 56.8. The Morgan fingerprint density at radius 2 is 1.90 bits per heavy atom. The van der Waals surface area contributed by atoms with Crippen LogP contribution in [0.1, 0.15) is 27.2 Å². The Balaban J connectivity index is 3.60. The third-order valence-corrected chi connectivity index (χ3v) is 5.08. The molecule has 0 aromatic carbocycles. The smallest absolute Gasteiger partial charge is 0.345 e. The van der Waals surface area contributed by atoms with E-state index in [-0.39, 0.29) is 31.4 Å². The molecule has 0 aliphatic carbocycles. The highest BCUT2D eigenvalue weighted by atomic mass is 35.5. The minimum absolute atomic E-state index is 0.160. The number of carbonyl (C=O) groups excluding carboxylic acids is 1. The molecule has 1 heterocycles. The summed E-state index contributed by atoms with van der Waals surface area (Å²) in [6.07, 6.45) is -6.05. The van der Waals surface area contributed by atoms with Gasteiger partial charge in [0.15, 0.2) is 11.9 Å². The molecule has 13 heteroatoms. The van der Waals surface area contributed by atoms with Gasteiger partial charge in [0.2, 0.25) is 5.72 Å². The van der Waals surface area contributed by atoms with Crippen LogP contribution >= 0.6 is 11.6 Å². The Kier molecular flexibility index (Phi) is 9.83. The zero-order valence-corrected chi connectivity index (χ0v) is 18.3. The third-order valence-electron chi connectivity index (χ3n) is 4.91. The average Bonchev–Trinajstić information content (AvgIpc) is 2.67. The minimum Gasteiger partial charge on any atom is -0.394 e. The van der Waals surface area contributed by atoms with Gasteiger partial charge >= 0.3 is 6.03 Å². The van der Waals surface area contributed by atoms with Crippen LogP contribution < -0.4 is 0 Å². The zero-order valence-electron chi connectivity index (χ0n) is 17.5. The maximum atomic E-state index is 13.1. The standard InChI is InChI=1S/C17H32ClN3O9/c1-10(2)7-16(26)14(24)17(27,13(23)12(8-22)30-16)21(11(3)9-29-4)15(25)20(19-28)6-5-18/h10-14,22-24,26-27H,5-9H2,1-4H3/t11?,12-,13-,14-,16+,17-/m1/s1. The molecular formula is C17H32ClN3O9. The van der Waals surface area contributed by atoms with Crippen molar-refractivity contribution in [1.29, 1.82) is 0 Å². The van der Waals surface area contributed by atoms with E-state index in [1.807, 2.05) is 0 Å². The first-order valence-corrected chi connectivity index (χ1v) is 10.1. The van der Waals surface area contributed by atoms with E-state index in [1.54, 1.807) is 13.8 Å². The molecule has 5 N–H and O–H groups in total. The number of nitrogens with zero attached hydrogens (tertiary/aromatic N) is 3. The molecule has 1 fully saturated rings. The van der Waals surface area contributed by atoms with Crippen molar-refractivity contribution in [1.82, 2.24) is 9.91 Å². The largest absolute Gasteiger partial charge is 0.394 e. The number of methoxy groups -OCH3 is 1. The van der Waals surface area contributed by atoms with Crippen molar-refractivity contribution in [3.63, 3.8) is 0 Å². The van der Waals surface area contributed by atoms with Crippen molar-refractivity contribution < 1.29 is 39.8 Å². The SMILES string of the molecule is COCC(C)N(C(=O)N(CCCl)N=O)[C@@]1(O)[C@H](O)[C@@H](CO)O[C@@](O)(CC(C)C)[C@H]1O. The number of amides is 2. The van der Waals surface area contributed by atoms with Gasteiger partial charge in [0.1, 0.15) is 12.2 Å². The van der Waals surface area contributed by atoms with Crippen molar-refractivity contribution in [2.24, 2.45) is 11.2 Å². The number of nitroso groups, excluding NO2 is 1. The molecule has 1 aliphatic rings. The first-order valence-electron chi connectivity index (χ1n) is 9.53. The summed E-state index contributed by atoms with van der Waals surface area (Å²) in [6, 6.07) is -2.21. The van der Waals surface area contributed by atoms with Crippen LogP contribution in [0.4, 0.5) is 4.79 Å². The van der Waals surface area contributed by atoms with Crippen LogP contribution in [-0.2, 0) is 9.47 Å². The van der Waals surface area contributed by atoms with Gasteiger partial charge < -0.3 is 35.0 Å². The molecule has 0 aromatic heterocycles. The fourth-order valence-electron chi connectivity index (χ4n) is 3.70. The highest BCUT2D eigenvalue weighted by Gasteiger charge is 2.66. The molecule has 176 valence electrons. The molecule has 1 saturated heterocycles. The Morgan fingerprint density at radius 3 is 2.33 bits per heavy atom. The lowest BCUT2D eigenvalue weighted by molar-refractivity contribution is -0.402. The fraction of sp³-hybridized carbons (Fsp3) is 0.941. The molecule has 0 aromatic rings. The number of aliphatic hydroxyl groups is 5. The number of ether oxygens (including phenoxy) is 2. The Labute approximate surface area is 179 Å². The maximum Gasteiger partial charge on any atom is 0.345 e. The fourth-order valence-corrected chi connectivity index (χ4v) is 3.86. The Hall–Kier alpha value is -1.12. The van der Waals surface area contributed by atoms with Crippen molar-refractivity contribution >= 4 is 17.6 Å². The predicted octanol–water partition coefficient (Wildman–Crippen LogP) is -0.798. The van der Waals surface area contributed by atoms with Gasteiger partial charge in [-0.25, -0.2) is 4.79 Å². The molecule has 6 atom stereocenters. The number of rotatable bonds is 10. The highest BCUT2D eigenvalue weighted by molar-refractivity contribution is 6.18. The van der Waals surface area contributed by atoms with E-state index in [0.717, 1.165) is 0 Å². The summed E-state index contributed by atoms with van der Waals surface area (Å²) in [5.41, 5.74) is -2.88. The van der Waals surface area contributed by atoms with E-state index in [4.69, 9.17) is 21.1 Å². The number of aliphatic hydroxyl groups excluding tert-OH is 3. The quantitative estimate of drug-likeness (QED) is 0.122. The summed E-state index contributed by atoms with van der Waals surface area (Å²) < 4.78 is 10.3. The molecular weight excluding hydrogens is 426 g/mol. The van der Waals surface area contributed by atoms with Crippen LogP contribution in [0.2, 0.25) is 0 Å². The Morgan fingerprint density at radius 1 is 1.30 bits per heavy atom. The monoisotopic (exact) mass is 457 g/mol. The number of urea groups is 1. The van der Waals surface area contributed by atoms with E-state index in [9.17, 15) is 35.2 Å². The number of alkyl halides is 1. The van der Waals surface area contributed by atoms with Gasteiger partial charge in [-0.2, -0.15) is 5.01 Å². The molecule has 1 aliphatic heterocycles. The van der Waals surface area contributed by atoms with Gasteiger partial charge in [-0.15, -0.1) is 16.5 Å². The second-order valence-electron chi connectivity index (χ2n) is 7.76. The van der Waals surface area contributed by atoms with Crippen molar-refractivity contribution in [3.05, 3.63) is 4.91 Å². The molecule has 30 heavy (non-hydrogen) atoms. The van der Waals surface area contributed by atoms with Gasteiger partial charge in [0.25, 0.3) is 0 Å². The first kappa shape index (κ1) is 26.9. The van der Waals surface area contributed by atoms with E-state index in [1.165, 1.54) is 14.0 Å². The van der Waals surface area contributed by atoms with Crippen molar-refractivity contribution in [2.45, 2.75) is 63.1 Å². The van der Waals surface area contributed by atoms with Crippen molar-refractivity contribution in [3.8, 4) is 0 Å². The van der Waals surface area contributed by atoms with Crippen LogP contribution in [0.3, 0.4) is 0 Å². The topological polar surface area (TPSA) is 173 Å². The van der Waals surface area contributed by atoms with E-state index in [0.29, 0.717) is 9.91 Å². The lowest BCUT2D eigenvalue weighted by atomic mass is 9.81. The van der Waals surface area contributed by atoms with Gasteiger partial charge in [0, 0.05) is 19.4 Å². The van der Waals surface area contributed by atoms with Gasteiger partial charge in [0.05, 0.1) is 31.1 Å². The Bertz CT molecular complexity index is 587. The number of carbonyl (C=O) groups is 1. The summed E-state index contributed by atoms with van der Waals surface area (Å²) in [7, 11) is 1.32. The summed E-state index contributed by atoms with van der Waals surface area (Å²) in [4.78, 5) is 24.9. The zero-order chi connectivity index (χ0) is 23.3. The van der Waals surface area contributed by atoms with Crippen LogP contribution in [-0.4, -0.2) is 110 Å². The molecule has 1 unspecified atom stereocenters. The number of halogens is 1. The average molecular weight is 458 g/mol. The van der Waals surface area contributed by atoms with Gasteiger partial charge in [-0.05, 0) is 12.8 Å². The summed E-state index contributed by atoms with van der Waals surface area (Å²) in [6.45, 7) is 3.51. The minimum atomic E-state index is -2.88. The van der Waals surface area contributed by atoms with Crippen LogP contribution in [0, 0.1) is 10.8 Å². The molecule has 2 amide bonds. The number of hydrogen-bond acceptors (Lipinski definition) is 10. The van der Waals surface area contributed by atoms with Gasteiger partial charge in [-0.1, -0.05) is 13.8 Å².